The number of rotatable bonds is 4. The van der Waals surface area contributed by atoms with E-state index in [2.05, 4.69) is 0 Å². The summed E-state index contributed by atoms with van der Waals surface area (Å²) in [4.78, 5) is 27.4. The molecule has 0 radical (unpaired) electrons. The fourth-order valence-electron chi connectivity index (χ4n) is 2.99. The maximum absolute atomic E-state index is 14.1. The molecular weight excluding hydrogens is 385 g/mol. The van der Waals surface area contributed by atoms with Gasteiger partial charge < -0.3 is 0 Å². The van der Waals surface area contributed by atoms with E-state index in [1.807, 2.05) is 12.1 Å². The van der Waals surface area contributed by atoms with Gasteiger partial charge in [0.25, 0.3) is 11.8 Å². The zero-order valence-corrected chi connectivity index (χ0v) is 15.6. The molecule has 1 aliphatic rings. The molecule has 134 valence electrons. The molecule has 0 N–H and O–H groups in total. The van der Waals surface area contributed by atoms with Crippen LogP contribution in [-0.2, 0) is 5.75 Å². The van der Waals surface area contributed by atoms with E-state index in [4.69, 9.17) is 11.6 Å². The highest BCUT2D eigenvalue weighted by Crippen LogP contribution is 2.37. The molecular formula is C21H13ClFNO2S. The minimum absolute atomic E-state index is 0.0710. The number of imide groups is 1. The summed E-state index contributed by atoms with van der Waals surface area (Å²) < 4.78 is 14.1. The normalized spacial score (nSPS) is 13.2. The maximum atomic E-state index is 14.1. The summed E-state index contributed by atoms with van der Waals surface area (Å²) >= 11 is 7.19. The number of hydrogen-bond acceptors (Lipinski definition) is 3. The van der Waals surface area contributed by atoms with Crippen LogP contribution in [0.5, 0.6) is 0 Å². The summed E-state index contributed by atoms with van der Waals surface area (Å²) in [5, 5.41) is 0.0710. The lowest BCUT2D eigenvalue weighted by atomic mass is 10.1. The first-order valence-electron chi connectivity index (χ1n) is 8.20. The van der Waals surface area contributed by atoms with Crippen molar-refractivity contribution in [1.82, 2.24) is 0 Å². The van der Waals surface area contributed by atoms with E-state index in [0.29, 0.717) is 33.0 Å². The number of fused-ring (bicyclic) bond motifs is 1. The molecule has 0 spiro atoms. The van der Waals surface area contributed by atoms with Gasteiger partial charge in [-0.25, -0.2) is 9.29 Å². The Bertz CT molecular complexity index is 1030. The molecule has 2 amide bonds. The molecule has 0 aliphatic carbocycles. The first-order chi connectivity index (χ1) is 13.1. The fourth-order valence-corrected chi connectivity index (χ4v) is 4.20. The first-order valence-corrected chi connectivity index (χ1v) is 9.57. The molecule has 3 aromatic rings. The number of thioether (sulfide) groups is 1. The summed E-state index contributed by atoms with van der Waals surface area (Å²) in [6.45, 7) is 0. The van der Waals surface area contributed by atoms with Crippen LogP contribution < -0.4 is 4.90 Å². The highest BCUT2D eigenvalue weighted by atomic mass is 35.5. The van der Waals surface area contributed by atoms with Gasteiger partial charge in [-0.15, -0.1) is 11.8 Å². The van der Waals surface area contributed by atoms with E-state index < -0.39 is 5.82 Å². The minimum atomic E-state index is -0.454. The third-order valence-corrected chi connectivity index (χ3v) is 5.72. The second kappa shape index (κ2) is 7.18. The summed E-state index contributed by atoms with van der Waals surface area (Å²) in [6, 6.07) is 18.7. The van der Waals surface area contributed by atoms with Gasteiger partial charge in [0.05, 0.1) is 21.8 Å². The highest BCUT2D eigenvalue weighted by Gasteiger charge is 2.37. The third-order valence-electron chi connectivity index (χ3n) is 4.31. The first kappa shape index (κ1) is 17.8. The smallest absolute Gasteiger partial charge is 0.266 e. The molecule has 0 fully saturated rings. The van der Waals surface area contributed by atoms with Crippen molar-refractivity contribution < 1.29 is 14.0 Å². The molecule has 3 nitrogen and oxygen atoms in total. The molecule has 0 atom stereocenters. The number of nitrogens with zero attached hydrogens (tertiary/aromatic N) is 1. The quantitative estimate of drug-likeness (QED) is 0.426. The van der Waals surface area contributed by atoms with Crippen LogP contribution in [0.15, 0.2) is 71.6 Å². The minimum Gasteiger partial charge on any atom is -0.268 e. The van der Waals surface area contributed by atoms with Crippen molar-refractivity contribution in [2.45, 2.75) is 10.6 Å². The van der Waals surface area contributed by atoms with E-state index in [1.54, 1.807) is 48.5 Å². The maximum Gasteiger partial charge on any atom is 0.266 e. The number of amides is 2. The number of carbonyl (C=O) groups is 2. The van der Waals surface area contributed by atoms with Crippen LogP contribution in [0.3, 0.4) is 0 Å². The number of hydrogen-bond donors (Lipinski definition) is 0. The molecule has 6 heteroatoms. The zero-order valence-electron chi connectivity index (χ0n) is 14.0. The molecule has 0 saturated carbocycles. The van der Waals surface area contributed by atoms with Crippen molar-refractivity contribution in [1.29, 1.82) is 0 Å². The van der Waals surface area contributed by atoms with Gasteiger partial charge in [-0.3, -0.25) is 9.59 Å². The topological polar surface area (TPSA) is 37.4 Å². The van der Waals surface area contributed by atoms with Crippen LogP contribution in [0.2, 0.25) is 5.02 Å². The number of halogens is 2. The monoisotopic (exact) mass is 397 g/mol. The van der Waals surface area contributed by atoms with Gasteiger partial charge in [0.2, 0.25) is 0 Å². The molecule has 1 heterocycles. The van der Waals surface area contributed by atoms with Crippen molar-refractivity contribution in [3.05, 3.63) is 94.3 Å². The predicted molar refractivity (Wildman–Crippen MR) is 105 cm³/mol. The average molecular weight is 398 g/mol. The summed E-state index contributed by atoms with van der Waals surface area (Å²) in [6.07, 6.45) is 0. The van der Waals surface area contributed by atoms with E-state index in [0.717, 1.165) is 0 Å². The second-order valence-corrected chi connectivity index (χ2v) is 7.39. The van der Waals surface area contributed by atoms with Crippen LogP contribution in [-0.4, -0.2) is 11.8 Å². The predicted octanol–water partition coefficient (Wildman–Crippen LogP) is 5.57. The molecule has 3 aromatic carbocycles. The van der Waals surface area contributed by atoms with Gasteiger partial charge in [0.1, 0.15) is 5.82 Å². The zero-order chi connectivity index (χ0) is 19.0. The Hall–Kier alpha value is -2.63. The Morgan fingerprint density at radius 1 is 0.852 bits per heavy atom. The molecule has 0 bridgehead atoms. The molecule has 4 rings (SSSR count). The second-order valence-electron chi connectivity index (χ2n) is 5.96. The van der Waals surface area contributed by atoms with Gasteiger partial charge >= 0.3 is 0 Å². The van der Waals surface area contributed by atoms with Crippen LogP contribution in [0.25, 0.3) is 0 Å². The lowest BCUT2D eigenvalue weighted by Crippen LogP contribution is -2.29. The van der Waals surface area contributed by atoms with Gasteiger partial charge in [0.15, 0.2) is 0 Å². The highest BCUT2D eigenvalue weighted by molar-refractivity contribution is 7.98. The Morgan fingerprint density at radius 2 is 1.48 bits per heavy atom. The number of benzene rings is 3. The van der Waals surface area contributed by atoms with Crippen molar-refractivity contribution in [2.24, 2.45) is 0 Å². The molecule has 0 unspecified atom stereocenters. The van der Waals surface area contributed by atoms with Crippen LogP contribution in [0.1, 0.15) is 26.3 Å². The Labute approximate surface area is 164 Å². The average Bonchev–Trinajstić information content (AvgIpc) is 2.94. The Morgan fingerprint density at radius 3 is 2.19 bits per heavy atom. The van der Waals surface area contributed by atoms with Crippen LogP contribution >= 0.6 is 23.4 Å². The summed E-state index contributed by atoms with van der Waals surface area (Å²) in [5.41, 5.74) is 1.74. The lowest BCUT2D eigenvalue weighted by molar-refractivity contribution is 0.0925. The standard InChI is InChI=1S/C21H13ClFNO2S/c22-16-9-5-6-13(19(16)23)12-27-18-11-4-3-10-17(18)24-20(25)14-7-1-2-8-15(14)21(24)26/h1-11H,12H2. The molecule has 0 saturated heterocycles. The summed E-state index contributed by atoms with van der Waals surface area (Å²) in [5.74, 6) is -0.827. The van der Waals surface area contributed by atoms with E-state index >= 15 is 0 Å². The van der Waals surface area contributed by atoms with E-state index in [1.165, 1.54) is 22.7 Å². The van der Waals surface area contributed by atoms with E-state index in [-0.39, 0.29) is 16.8 Å². The van der Waals surface area contributed by atoms with E-state index in [9.17, 15) is 14.0 Å². The number of carbonyl (C=O) groups excluding carboxylic acids is 2. The number of anilines is 1. The molecule has 27 heavy (non-hydrogen) atoms. The lowest BCUT2D eigenvalue weighted by Gasteiger charge is -2.18. The van der Waals surface area contributed by atoms with Crippen molar-refractivity contribution >= 4 is 40.9 Å². The van der Waals surface area contributed by atoms with Gasteiger partial charge in [-0.05, 0) is 35.9 Å². The van der Waals surface area contributed by atoms with Gasteiger partial charge in [-0.1, -0.05) is 48.0 Å². The fraction of sp³-hybridized carbons (Fsp3) is 0.0476. The van der Waals surface area contributed by atoms with Gasteiger partial charge in [-0.2, -0.15) is 0 Å². The molecule has 1 aliphatic heterocycles. The number of para-hydroxylation sites is 1. The molecule has 0 aromatic heterocycles. The Kier molecular flexibility index (Phi) is 4.72. The van der Waals surface area contributed by atoms with Crippen LogP contribution in [0.4, 0.5) is 10.1 Å². The van der Waals surface area contributed by atoms with Crippen molar-refractivity contribution in [2.75, 3.05) is 4.90 Å². The van der Waals surface area contributed by atoms with Crippen LogP contribution in [0, 0.1) is 5.82 Å². The Balaban J connectivity index is 1.66. The third kappa shape index (κ3) is 3.13. The van der Waals surface area contributed by atoms with Gasteiger partial charge in [0, 0.05) is 10.6 Å². The largest absolute Gasteiger partial charge is 0.268 e. The summed E-state index contributed by atoms with van der Waals surface area (Å²) in [7, 11) is 0. The van der Waals surface area contributed by atoms with Crippen molar-refractivity contribution in [3.8, 4) is 0 Å². The SMILES string of the molecule is O=C1c2ccccc2C(=O)N1c1ccccc1SCc1cccc(Cl)c1F. The van der Waals surface area contributed by atoms with Crippen molar-refractivity contribution in [3.63, 3.8) is 0 Å².